The standard InChI is InChI=1S/C20H20FN3O4/c1-12-4-6-14(21)11-15(12)22-18(25)8-9-19-23-20(24-28-19)13-5-7-16(26-2)17(10-13)27-3/h4-7,10-11H,8-9H2,1-3H3,(H,22,25). The number of aromatic nitrogens is 2. The van der Waals surface area contributed by atoms with Crippen LogP contribution in [0.4, 0.5) is 10.1 Å². The number of hydrogen-bond acceptors (Lipinski definition) is 6. The molecule has 1 heterocycles. The number of nitrogens with one attached hydrogen (secondary N) is 1. The van der Waals surface area contributed by atoms with Crippen LogP contribution in [-0.4, -0.2) is 30.3 Å². The molecule has 7 nitrogen and oxygen atoms in total. The Morgan fingerprint density at radius 2 is 1.93 bits per heavy atom. The van der Waals surface area contributed by atoms with Crippen LogP contribution in [0.1, 0.15) is 17.9 Å². The number of rotatable bonds is 7. The van der Waals surface area contributed by atoms with E-state index in [0.29, 0.717) is 34.5 Å². The summed E-state index contributed by atoms with van der Waals surface area (Å²) in [7, 11) is 3.10. The molecule has 0 spiro atoms. The first kappa shape index (κ1) is 19.3. The molecule has 0 radical (unpaired) electrons. The van der Waals surface area contributed by atoms with Crippen molar-refractivity contribution in [2.75, 3.05) is 19.5 Å². The van der Waals surface area contributed by atoms with Crippen molar-refractivity contribution in [3.8, 4) is 22.9 Å². The summed E-state index contributed by atoms with van der Waals surface area (Å²) in [5, 5.41) is 6.63. The predicted molar refractivity (Wildman–Crippen MR) is 101 cm³/mol. The Balaban J connectivity index is 1.63. The van der Waals surface area contributed by atoms with Crippen molar-refractivity contribution in [1.82, 2.24) is 10.1 Å². The van der Waals surface area contributed by atoms with E-state index in [2.05, 4.69) is 15.5 Å². The minimum atomic E-state index is -0.405. The van der Waals surface area contributed by atoms with Crippen LogP contribution in [0.15, 0.2) is 40.9 Å². The molecule has 0 aliphatic heterocycles. The molecule has 0 fully saturated rings. The van der Waals surface area contributed by atoms with Crippen LogP contribution in [0.2, 0.25) is 0 Å². The largest absolute Gasteiger partial charge is 0.493 e. The van der Waals surface area contributed by atoms with Gasteiger partial charge >= 0.3 is 0 Å². The number of nitrogens with zero attached hydrogens (tertiary/aromatic N) is 2. The summed E-state index contributed by atoms with van der Waals surface area (Å²) in [4.78, 5) is 16.4. The number of benzene rings is 2. The Hall–Kier alpha value is -3.42. The van der Waals surface area contributed by atoms with Gasteiger partial charge in [0.25, 0.3) is 0 Å². The van der Waals surface area contributed by atoms with Crippen molar-refractivity contribution in [2.24, 2.45) is 0 Å². The van der Waals surface area contributed by atoms with Crippen LogP contribution in [0.5, 0.6) is 11.5 Å². The highest BCUT2D eigenvalue weighted by Crippen LogP contribution is 2.31. The fourth-order valence-corrected chi connectivity index (χ4v) is 2.61. The lowest BCUT2D eigenvalue weighted by Gasteiger charge is -2.07. The molecule has 2 aromatic carbocycles. The molecule has 0 saturated carbocycles. The molecular weight excluding hydrogens is 365 g/mol. The number of halogens is 1. The lowest BCUT2D eigenvalue weighted by molar-refractivity contribution is -0.116. The fraction of sp³-hybridized carbons (Fsp3) is 0.250. The zero-order valence-corrected chi connectivity index (χ0v) is 15.8. The second kappa shape index (κ2) is 8.51. The van der Waals surface area contributed by atoms with E-state index in [0.717, 1.165) is 5.56 Å². The monoisotopic (exact) mass is 385 g/mol. The first-order valence-electron chi connectivity index (χ1n) is 8.61. The van der Waals surface area contributed by atoms with Crippen LogP contribution in [0, 0.1) is 12.7 Å². The highest BCUT2D eigenvalue weighted by Gasteiger charge is 2.14. The second-order valence-electron chi connectivity index (χ2n) is 6.09. The molecule has 146 valence electrons. The molecule has 8 heteroatoms. The SMILES string of the molecule is COc1ccc(-c2noc(CCC(=O)Nc3cc(F)ccc3C)n2)cc1OC. The number of ether oxygens (including phenoxy) is 2. The van der Waals surface area contributed by atoms with E-state index >= 15 is 0 Å². The van der Waals surface area contributed by atoms with E-state index < -0.39 is 5.82 Å². The average molecular weight is 385 g/mol. The molecule has 1 aromatic heterocycles. The summed E-state index contributed by atoms with van der Waals surface area (Å²) in [6.45, 7) is 1.79. The molecule has 0 aliphatic carbocycles. The maximum atomic E-state index is 13.3. The number of anilines is 1. The Morgan fingerprint density at radius 1 is 1.14 bits per heavy atom. The summed E-state index contributed by atoms with van der Waals surface area (Å²) in [5.74, 6) is 1.20. The van der Waals surface area contributed by atoms with E-state index in [-0.39, 0.29) is 18.7 Å². The molecule has 1 N–H and O–H groups in total. The third-order valence-electron chi connectivity index (χ3n) is 4.15. The molecule has 0 aliphatic rings. The number of aryl methyl sites for hydroxylation is 2. The highest BCUT2D eigenvalue weighted by atomic mass is 19.1. The van der Waals surface area contributed by atoms with Gasteiger partial charge in [-0.1, -0.05) is 11.2 Å². The van der Waals surface area contributed by atoms with Gasteiger partial charge in [-0.25, -0.2) is 4.39 Å². The van der Waals surface area contributed by atoms with Crippen molar-refractivity contribution in [2.45, 2.75) is 19.8 Å². The minimum Gasteiger partial charge on any atom is -0.493 e. The maximum Gasteiger partial charge on any atom is 0.227 e. The van der Waals surface area contributed by atoms with Crippen molar-refractivity contribution >= 4 is 11.6 Å². The first-order chi connectivity index (χ1) is 13.5. The van der Waals surface area contributed by atoms with E-state index in [1.807, 2.05) is 0 Å². The normalized spacial score (nSPS) is 10.6. The number of carbonyl (C=O) groups excluding carboxylic acids is 1. The zero-order chi connectivity index (χ0) is 20.1. The minimum absolute atomic E-state index is 0.128. The van der Waals surface area contributed by atoms with E-state index in [9.17, 15) is 9.18 Å². The molecule has 28 heavy (non-hydrogen) atoms. The molecule has 0 bridgehead atoms. The van der Waals surface area contributed by atoms with Gasteiger partial charge in [-0.05, 0) is 42.8 Å². The predicted octanol–water partition coefficient (Wildman–Crippen LogP) is 3.77. The number of amides is 1. The number of methoxy groups -OCH3 is 2. The summed E-state index contributed by atoms with van der Waals surface area (Å²) < 4.78 is 29.0. The van der Waals surface area contributed by atoms with Gasteiger partial charge < -0.3 is 19.3 Å². The van der Waals surface area contributed by atoms with Gasteiger partial charge in [0.1, 0.15) is 5.82 Å². The van der Waals surface area contributed by atoms with Crippen LogP contribution in [0.3, 0.4) is 0 Å². The summed E-state index contributed by atoms with van der Waals surface area (Å²) in [6, 6.07) is 9.52. The highest BCUT2D eigenvalue weighted by molar-refractivity contribution is 5.91. The quantitative estimate of drug-likeness (QED) is 0.666. The van der Waals surface area contributed by atoms with Crippen LogP contribution < -0.4 is 14.8 Å². The number of hydrogen-bond donors (Lipinski definition) is 1. The lowest BCUT2D eigenvalue weighted by Crippen LogP contribution is -2.13. The maximum absolute atomic E-state index is 13.3. The molecule has 1 amide bonds. The topological polar surface area (TPSA) is 86.5 Å². The molecule has 3 aromatic rings. The van der Waals surface area contributed by atoms with Crippen molar-refractivity contribution in [3.63, 3.8) is 0 Å². The van der Waals surface area contributed by atoms with Crippen LogP contribution >= 0.6 is 0 Å². The Morgan fingerprint density at radius 3 is 2.68 bits per heavy atom. The molecule has 0 atom stereocenters. The van der Waals surface area contributed by atoms with Gasteiger partial charge in [0.2, 0.25) is 17.6 Å². The lowest BCUT2D eigenvalue weighted by atomic mass is 10.2. The third kappa shape index (κ3) is 4.46. The second-order valence-corrected chi connectivity index (χ2v) is 6.09. The first-order valence-corrected chi connectivity index (χ1v) is 8.61. The summed E-state index contributed by atoms with van der Waals surface area (Å²) in [5.41, 5.74) is 1.93. The molecule has 0 unspecified atom stereocenters. The Bertz CT molecular complexity index is 987. The Kier molecular flexibility index (Phi) is 5.88. The third-order valence-corrected chi connectivity index (χ3v) is 4.15. The van der Waals surface area contributed by atoms with E-state index in [1.165, 1.54) is 12.1 Å². The van der Waals surface area contributed by atoms with Gasteiger partial charge in [0.05, 0.1) is 14.2 Å². The summed E-state index contributed by atoms with van der Waals surface area (Å²) in [6.07, 6.45) is 0.393. The van der Waals surface area contributed by atoms with Gasteiger partial charge in [-0.3, -0.25) is 4.79 Å². The molecular formula is C20H20FN3O4. The van der Waals surface area contributed by atoms with Gasteiger partial charge in [0.15, 0.2) is 11.5 Å². The number of carbonyl (C=O) groups is 1. The van der Waals surface area contributed by atoms with Gasteiger partial charge in [0, 0.05) is 24.1 Å². The van der Waals surface area contributed by atoms with Crippen LogP contribution in [0.25, 0.3) is 11.4 Å². The zero-order valence-electron chi connectivity index (χ0n) is 15.8. The van der Waals surface area contributed by atoms with E-state index in [1.54, 1.807) is 45.4 Å². The summed E-state index contributed by atoms with van der Waals surface area (Å²) >= 11 is 0. The fourth-order valence-electron chi connectivity index (χ4n) is 2.61. The Labute approximate surface area is 161 Å². The van der Waals surface area contributed by atoms with Crippen LogP contribution in [-0.2, 0) is 11.2 Å². The van der Waals surface area contributed by atoms with Crippen molar-refractivity contribution < 1.29 is 23.2 Å². The van der Waals surface area contributed by atoms with E-state index in [4.69, 9.17) is 14.0 Å². The molecule has 3 rings (SSSR count). The average Bonchev–Trinajstić information content (AvgIpc) is 3.17. The van der Waals surface area contributed by atoms with Crippen molar-refractivity contribution in [3.05, 3.63) is 53.7 Å². The van der Waals surface area contributed by atoms with Gasteiger partial charge in [-0.2, -0.15) is 4.98 Å². The smallest absolute Gasteiger partial charge is 0.227 e. The molecule has 0 saturated heterocycles. The van der Waals surface area contributed by atoms with Gasteiger partial charge in [-0.15, -0.1) is 0 Å². The van der Waals surface area contributed by atoms with Crippen molar-refractivity contribution in [1.29, 1.82) is 0 Å².